The van der Waals surface area contributed by atoms with Gasteiger partial charge >= 0.3 is 0 Å². The standard InChI is InChI=1S/C19H25NO3S2/c1-19(2,21)17-12-16(18(24-17)14-6-4-3-5-7-14)13-8-10-15(11-9-13)25(20,22)23/h8-12,14,21H,3-7H2,1-2H3,(H2,20,22,23). The van der Waals surface area contributed by atoms with Crippen molar-refractivity contribution in [1.82, 2.24) is 0 Å². The number of hydrogen-bond acceptors (Lipinski definition) is 4. The molecule has 0 bridgehead atoms. The second-order valence-corrected chi connectivity index (χ2v) is 10.00. The number of hydrogen-bond donors (Lipinski definition) is 2. The van der Waals surface area contributed by atoms with Crippen LogP contribution >= 0.6 is 11.3 Å². The highest BCUT2D eigenvalue weighted by Crippen LogP contribution is 2.45. The lowest BCUT2D eigenvalue weighted by Crippen LogP contribution is -2.12. The van der Waals surface area contributed by atoms with E-state index in [1.807, 2.05) is 12.1 Å². The molecule has 1 aliphatic carbocycles. The number of thiophene rings is 1. The number of sulfonamides is 1. The van der Waals surface area contributed by atoms with Gasteiger partial charge in [-0.15, -0.1) is 11.3 Å². The van der Waals surface area contributed by atoms with Crippen molar-refractivity contribution in [2.75, 3.05) is 0 Å². The Kier molecular flexibility index (Phi) is 5.08. The van der Waals surface area contributed by atoms with Gasteiger partial charge in [-0.05, 0) is 61.9 Å². The van der Waals surface area contributed by atoms with Crippen molar-refractivity contribution in [2.24, 2.45) is 5.14 Å². The summed E-state index contributed by atoms with van der Waals surface area (Å²) in [5.41, 5.74) is 1.20. The summed E-state index contributed by atoms with van der Waals surface area (Å²) in [7, 11) is -3.69. The molecule has 1 saturated carbocycles. The van der Waals surface area contributed by atoms with Crippen molar-refractivity contribution >= 4 is 21.4 Å². The summed E-state index contributed by atoms with van der Waals surface area (Å²) in [4.78, 5) is 2.37. The van der Waals surface area contributed by atoms with Crippen molar-refractivity contribution in [3.05, 3.63) is 40.1 Å². The Morgan fingerprint density at radius 2 is 1.72 bits per heavy atom. The van der Waals surface area contributed by atoms with Crippen LogP contribution in [0.25, 0.3) is 11.1 Å². The van der Waals surface area contributed by atoms with E-state index in [1.165, 1.54) is 37.0 Å². The largest absolute Gasteiger partial charge is 0.385 e. The molecule has 1 aromatic heterocycles. The fourth-order valence-electron chi connectivity index (χ4n) is 3.42. The summed E-state index contributed by atoms with van der Waals surface area (Å²) >= 11 is 1.68. The number of primary sulfonamides is 1. The summed E-state index contributed by atoms with van der Waals surface area (Å²) in [6.07, 6.45) is 6.12. The minimum Gasteiger partial charge on any atom is -0.385 e. The fraction of sp³-hybridized carbons (Fsp3) is 0.474. The van der Waals surface area contributed by atoms with Gasteiger partial charge in [-0.25, -0.2) is 13.6 Å². The van der Waals surface area contributed by atoms with Crippen molar-refractivity contribution in [3.63, 3.8) is 0 Å². The van der Waals surface area contributed by atoms with Gasteiger partial charge in [0.1, 0.15) is 0 Å². The molecule has 2 aromatic rings. The first-order chi connectivity index (χ1) is 11.7. The molecule has 0 saturated heterocycles. The zero-order valence-electron chi connectivity index (χ0n) is 14.7. The van der Waals surface area contributed by atoms with E-state index in [-0.39, 0.29) is 4.90 Å². The third kappa shape index (κ3) is 4.14. The Hall–Kier alpha value is -1.21. The van der Waals surface area contributed by atoms with Gasteiger partial charge in [0.25, 0.3) is 0 Å². The van der Waals surface area contributed by atoms with E-state index >= 15 is 0 Å². The number of nitrogens with two attached hydrogens (primary N) is 1. The van der Waals surface area contributed by atoms with Crippen LogP contribution in [0, 0.1) is 0 Å². The lowest BCUT2D eigenvalue weighted by molar-refractivity contribution is 0.0826. The number of rotatable bonds is 4. The first-order valence-electron chi connectivity index (χ1n) is 8.66. The molecule has 0 spiro atoms. The van der Waals surface area contributed by atoms with Crippen LogP contribution in [0.15, 0.2) is 35.2 Å². The normalized spacial score (nSPS) is 17.0. The lowest BCUT2D eigenvalue weighted by atomic mass is 9.85. The van der Waals surface area contributed by atoms with E-state index in [4.69, 9.17) is 5.14 Å². The molecule has 1 heterocycles. The zero-order valence-corrected chi connectivity index (χ0v) is 16.3. The van der Waals surface area contributed by atoms with Gasteiger partial charge in [0.2, 0.25) is 10.0 Å². The van der Waals surface area contributed by atoms with Crippen molar-refractivity contribution in [3.8, 4) is 11.1 Å². The van der Waals surface area contributed by atoms with Crippen molar-refractivity contribution in [1.29, 1.82) is 0 Å². The Bertz CT molecular complexity index is 840. The van der Waals surface area contributed by atoms with Crippen LogP contribution in [-0.4, -0.2) is 13.5 Å². The first-order valence-corrected chi connectivity index (χ1v) is 11.0. The molecule has 1 aromatic carbocycles. The Morgan fingerprint density at radius 3 is 2.24 bits per heavy atom. The smallest absolute Gasteiger partial charge is 0.238 e. The van der Waals surface area contributed by atoms with Crippen LogP contribution in [0.1, 0.15) is 61.6 Å². The maximum Gasteiger partial charge on any atom is 0.238 e. The highest BCUT2D eigenvalue weighted by atomic mass is 32.2. The average molecular weight is 380 g/mol. The fourth-order valence-corrected chi connectivity index (χ4v) is 5.29. The van der Waals surface area contributed by atoms with Crippen molar-refractivity contribution < 1.29 is 13.5 Å². The third-order valence-electron chi connectivity index (χ3n) is 4.83. The van der Waals surface area contributed by atoms with Gasteiger partial charge in [0.05, 0.1) is 10.5 Å². The van der Waals surface area contributed by atoms with Crippen LogP contribution in [0.3, 0.4) is 0 Å². The van der Waals surface area contributed by atoms with Crippen LogP contribution in [0.2, 0.25) is 0 Å². The molecule has 0 radical (unpaired) electrons. The quantitative estimate of drug-likeness (QED) is 0.829. The second-order valence-electron chi connectivity index (χ2n) is 7.35. The summed E-state index contributed by atoms with van der Waals surface area (Å²) in [6.45, 7) is 3.61. The maximum absolute atomic E-state index is 11.5. The first kappa shape index (κ1) is 18.6. The lowest BCUT2D eigenvalue weighted by Gasteiger charge is -2.22. The number of aliphatic hydroxyl groups is 1. The molecule has 25 heavy (non-hydrogen) atoms. The van der Waals surface area contributed by atoms with Gasteiger partial charge in [-0.3, -0.25) is 0 Å². The van der Waals surface area contributed by atoms with Gasteiger partial charge < -0.3 is 5.11 Å². The monoisotopic (exact) mass is 379 g/mol. The molecule has 0 amide bonds. The second kappa shape index (κ2) is 6.83. The van der Waals surface area contributed by atoms with Crippen molar-refractivity contribution in [2.45, 2.75) is 62.4 Å². The van der Waals surface area contributed by atoms with Crippen LogP contribution in [0.4, 0.5) is 0 Å². The molecule has 4 nitrogen and oxygen atoms in total. The molecule has 0 unspecified atom stereocenters. The molecule has 136 valence electrons. The summed E-state index contributed by atoms with van der Waals surface area (Å²) < 4.78 is 23.0. The van der Waals surface area contributed by atoms with E-state index in [9.17, 15) is 13.5 Å². The highest BCUT2D eigenvalue weighted by Gasteiger charge is 2.27. The van der Waals surface area contributed by atoms with Crippen LogP contribution in [-0.2, 0) is 15.6 Å². The van der Waals surface area contributed by atoms with E-state index in [0.717, 1.165) is 16.0 Å². The minimum absolute atomic E-state index is 0.119. The zero-order chi connectivity index (χ0) is 18.2. The van der Waals surface area contributed by atoms with Gasteiger partial charge in [-0.2, -0.15) is 0 Å². The van der Waals surface area contributed by atoms with E-state index < -0.39 is 15.6 Å². The minimum atomic E-state index is -3.69. The summed E-state index contributed by atoms with van der Waals surface area (Å²) in [5.74, 6) is 0.516. The molecule has 1 fully saturated rings. The molecule has 6 heteroatoms. The van der Waals surface area contributed by atoms with E-state index in [2.05, 4.69) is 6.07 Å². The summed E-state index contributed by atoms with van der Waals surface area (Å²) in [6, 6.07) is 8.78. The van der Waals surface area contributed by atoms with Gasteiger partial charge in [0.15, 0.2) is 0 Å². The predicted octanol–water partition coefficient (Wildman–Crippen LogP) is 4.34. The Labute approximate surface area is 153 Å². The molecule has 3 rings (SSSR count). The molecule has 0 atom stereocenters. The predicted molar refractivity (Wildman–Crippen MR) is 102 cm³/mol. The SMILES string of the molecule is CC(C)(O)c1cc(-c2ccc(S(N)(=O)=O)cc2)c(C2CCCCC2)s1. The Morgan fingerprint density at radius 1 is 1.12 bits per heavy atom. The van der Waals surface area contributed by atoms with Crippen LogP contribution in [0.5, 0.6) is 0 Å². The molecule has 0 aliphatic heterocycles. The van der Waals surface area contributed by atoms with Crippen LogP contribution < -0.4 is 5.14 Å². The highest BCUT2D eigenvalue weighted by molar-refractivity contribution is 7.89. The Balaban J connectivity index is 2.05. The van der Waals surface area contributed by atoms with Gasteiger partial charge in [-0.1, -0.05) is 31.4 Å². The molecular formula is C19H25NO3S2. The van der Waals surface area contributed by atoms with Gasteiger partial charge in [0, 0.05) is 9.75 Å². The van der Waals surface area contributed by atoms with E-state index in [0.29, 0.717) is 5.92 Å². The van der Waals surface area contributed by atoms with E-state index in [1.54, 1.807) is 37.3 Å². The summed E-state index contributed by atoms with van der Waals surface area (Å²) in [5, 5.41) is 15.6. The number of benzene rings is 1. The molecule has 1 aliphatic rings. The topological polar surface area (TPSA) is 80.4 Å². The average Bonchev–Trinajstić information content (AvgIpc) is 3.00. The molecule has 3 N–H and O–H groups in total. The third-order valence-corrected chi connectivity index (χ3v) is 7.37. The molecular weight excluding hydrogens is 354 g/mol. The maximum atomic E-state index is 11.5.